The molecule has 0 spiro atoms. The van der Waals surface area contributed by atoms with E-state index in [0.717, 1.165) is 28.0 Å². The van der Waals surface area contributed by atoms with Gasteiger partial charge in [0, 0.05) is 5.56 Å². The molecule has 0 bridgehead atoms. The number of benzene rings is 1. The zero-order valence-electron chi connectivity index (χ0n) is 10.5. The molecule has 4 heteroatoms. The molecule has 0 radical (unpaired) electrons. The van der Waals surface area contributed by atoms with Gasteiger partial charge < -0.3 is 9.84 Å². The van der Waals surface area contributed by atoms with Gasteiger partial charge in [0.25, 0.3) is 0 Å². The van der Waals surface area contributed by atoms with Crippen molar-refractivity contribution in [1.82, 2.24) is 0 Å². The van der Waals surface area contributed by atoms with Crippen LogP contribution in [0.5, 0.6) is 5.75 Å². The number of hydrogen-bond acceptors (Lipinski definition) is 3. The normalized spacial score (nSPS) is 12.5. The molecule has 1 aromatic heterocycles. The van der Waals surface area contributed by atoms with Crippen LogP contribution in [0.25, 0.3) is 0 Å². The SMILES string of the molecule is COc1cc(C)cc(C)c1C(O)c1csc(I)c1. The highest BCUT2D eigenvalue weighted by Crippen LogP contribution is 2.35. The standard InChI is InChI=1S/C14H15IO2S/c1-8-4-9(2)13(11(5-8)17-3)14(16)10-6-12(15)18-7-10/h4-7,14,16H,1-3H3. The minimum atomic E-state index is -0.625. The van der Waals surface area contributed by atoms with Crippen molar-refractivity contribution in [2.75, 3.05) is 7.11 Å². The van der Waals surface area contributed by atoms with E-state index in [4.69, 9.17) is 4.74 Å². The second-order valence-corrected chi connectivity index (χ2v) is 7.09. The van der Waals surface area contributed by atoms with Gasteiger partial charge in [-0.25, -0.2) is 0 Å². The van der Waals surface area contributed by atoms with Crippen LogP contribution in [0.4, 0.5) is 0 Å². The number of thiophene rings is 1. The molecule has 2 aromatic rings. The summed E-state index contributed by atoms with van der Waals surface area (Å²) in [5.41, 5.74) is 3.98. The molecule has 0 amide bonds. The summed E-state index contributed by atoms with van der Waals surface area (Å²) in [5.74, 6) is 0.751. The van der Waals surface area contributed by atoms with Gasteiger partial charge in [0.2, 0.25) is 0 Å². The van der Waals surface area contributed by atoms with Crippen LogP contribution in [0.2, 0.25) is 0 Å². The Bertz CT molecular complexity index is 563. The predicted molar refractivity (Wildman–Crippen MR) is 83.6 cm³/mol. The van der Waals surface area contributed by atoms with Gasteiger partial charge in [-0.1, -0.05) is 6.07 Å². The molecule has 1 aromatic carbocycles. The summed E-state index contributed by atoms with van der Waals surface area (Å²) in [6.45, 7) is 4.03. The van der Waals surface area contributed by atoms with E-state index in [9.17, 15) is 5.11 Å². The Kier molecular flexibility index (Phi) is 4.29. The molecule has 0 saturated heterocycles. The highest BCUT2D eigenvalue weighted by atomic mass is 127. The highest BCUT2D eigenvalue weighted by molar-refractivity contribution is 14.1. The Balaban J connectivity index is 2.50. The van der Waals surface area contributed by atoms with Gasteiger partial charge in [-0.2, -0.15) is 0 Å². The number of aryl methyl sites for hydroxylation is 2. The van der Waals surface area contributed by atoms with E-state index in [2.05, 4.69) is 28.7 Å². The van der Waals surface area contributed by atoms with Crippen LogP contribution in [-0.2, 0) is 0 Å². The van der Waals surface area contributed by atoms with E-state index in [1.165, 1.54) is 2.88 Å². The molecule has 0 fully saturated rings. The van der Waals surface area contributed by atoms with Gasteiger partial charge in [-0.3, -0.25) is 0 Å². The lowest BCUT2D eigenvalue weighted by Crippen LogP contribution is -2.04. The Hall–Kier alpha value is -0.590. The Morgan fingerprint density at radius 3 is 2.56 bits per heavy atom. The van der Waals surface area contributed by atoms with Crippen LogP contribution in [0, 0.1) is 16.7 Å². The highest BCUT2D eigenvalue weighted by Gasteiger charge is 2.19. The summed E-state index contributed by atoms with van der Waals surface area (Å²) in [5, 5.41) is 12.5. The largest absolute Gasteiger partial charge is 0.496 e. The molecule has 18 heavy (non-hydrogen) atoms. The zero-order valence-corrected chi connectivity index (χ0v) is 13.5. The number of hydrogen-bond donors (Lipinski definition) is 1. The van der Waals surface area contributed by atoms with Crippen LogP contribution in [0.3, 0.4) is 0 Å². The monoisotopic (exact) mass is 374 g/mol. The van der Waals surface area contributed by atoms with Gasteiger partial charge in [0.1, 0.15) is 11.9 Å². The molecule has 0 aliphatic heterocycles. The van der Waals surface area contributed by atoms with Crippen molar-refractivity contribution < 1.29 is 9.84 Å². The third-order valence-corrected chi connectivity index (χ3v) is 4.70. The van der Waals surface area contributed by atoms with E-state index in [0.29, 0.717) is 0 Å². The molecule has 0 aliphatic carbocycles. The summed E-state index contributed by atoms with van der Waals surface area (Å²) in [6.07, 6.45) is -0.625. The lowest BCUT2D eigenvalue weighted by Gasteiger charge is -2.17. The van der Waals surface area contributed by atoms with Crippen LogP contribution in [0.15, 0.2) is 23.6 Å². The van der Waals surface area contributed by atoms with E-state index in [1.54, 1.807) is 18.4 Å². The lowest BCUT2D eigenvalue weighted by molar-refractivity contribution is 0.214. The second-order valence-electron chi connectivity index (χ2n) is 4.28. The van der Waals surface area contributed by atoms with Crippen molar-refractivity contribution in [2.45, 2.75) is 20.0 Å². The topological polar surface area (TPSA) is 29.5 Å². The lowest BCUT2D eigenvalue weighted by atomic mass is 9.96. The summed E-state index contributed by atoms with van der Waals surface area (Å²) >= 11 is 3.90. The zero-order chi connectivity index (χ0) is 13.3. The molecule has 1 unspecified atom stereocenters. The van der Waals surface area contributed by atoms with Crippen LogP contribution in [0.1, 0.15) is 28.4 Å². The van der Waals surface area contributed by atoms with Crippen LogP contribution >= 0.6 is 33.9 Å². The van der Waals surface area contributed by atoms with Gasteiger partial charge in [-0.15, -0.1) is 11.3 Å². The molecule has 1 atom stereocenters. The first kappa shape index (κ1) is 13.8. The molecular weight excluding hydrogens is 359 g/mol. The quantitative estimate of drug-likeness (QED) is 0.822. The molecule has 1 N–H and O–H groups in total. The van der Waals surface area contributed by atoms with E-state index < -0.39 is 6.10 Å². The van der Waals surface area contributed by atoms with Crippen molar-refractivity contribution in [2.24, 2.45) is 0 Å². The van der Waals surface area contributed by atoms with E-state index in [1.807, 2.05) is 31.4 Å². The number of methoxy groups -OCH3 is 1. The average Bonchev–Trinajstić information content (AvgIpc) is 2.74. The third kappa shape index (κ3) is 2.70. The van der Waals surface area contributed by atoms with Crippen LogP contribution < -0.4 is 4.74 Å². The fourth-order valence-corrected chi connectivity index (χ4v) is 3.48. The first-order valence-electron chi connectivity index (χ1n) is 5.60. The van der Waals surface area contributed by atoms with E-state index in [-0.39, 0.29) is 0 Å². The van der Waals surface area contributed by atoms with Gasteiger partial charge in [-0.05, 0) is 70.6 Å². The Morgan fingerprint density at radius 1 is 1.28 bits per heavy atom. The predicted octanol–water partition coefficient (Wildman–Crippen LogP) is 4.06. The van der Waals surface area contributed by atoms with Crippen molar-refractivity contribution in [3.05, 3.63) is 48.7 Å². The van der Waals surface area contributed by atoms with Crippen molar-refractivity contribution in [1.29, 1.82) is 0 Å². The van der Waals surface area contributed by atoms with Crippen molar-refractivity contribution in [3.8, 4) is 5.75 Å². The first-order valence-corrected chi connectivity index (χ1v) is 7.56. The minimum Gasteiger partial charge on any atom is -0.496 e. The maximum Gasteiger partial charge on any atom is 0.125 e. The first-order chi connectivity index (χ1) is 8.52. The molecule has 2 rings (SSSR count). The molecule has 1 heterocycles. The maximum atomic E-state index is 10.5. The van der Waals surface area contributed by atoms with E-state index >= 15 is 0 Å². The Labute approximate surface area is 125 Å². The number of aliphatic hydroxyl groups excluding tert-OH is 1. The smallest absolute Gasteiger partial charge is 0.125 e. The third-order valence-electron chi connectivity index (χ3n) is 2.89. The number of halogens is 1. The van der Waals surface area contributed by atoms with Crippen LogP contribution in [-0.4, -0.2) is 12.2 Å². The summed E-state index contributed by atoms with van der Waals surface area (Å²) in [6, 6.07) is 6.04. The summed E-state index contributed by atoms with van der Waals surface area (Å²) in [4.78, 5) is 0. The van der Waals surface area contributed by atoms with Crippen molar-refractivity contribution >= 4 is 33.9 Å². The van der Waals surface area contributed by atoms with Crippen molar-refractivity contribution in [3.63, 3.8) is 0 Å². The second kappa shape index (κ2) is 5.59. The summed E-state index contributed by atoms with van der Waals surface area (Å²) < 4.78 is 6.57. The average molecular weight is 374 g/mol. The maximum absolute atomic E-state index is 10.5. The van der Waals surface area contributed by atoms with Gasteiger partial charge >= 0.3 is 0 Å². The number of ether oxygens (including phenoxy) is 1. The minimum absolute atomic E-state index is 0.625. The van der Waals surface area contributed by atoms with Gasteiger partial charge in [0.05, 0.1) is 9.99 Å². The summed E-state index contributed by atoms with van der Waals surface area (Å²) in [7, 11) is 1.64. The molecule has 0 aliphatic rings. The fourth-order valence-electron chi connectivity index (χ4n) is 2.09. The Morgan fingerprint density at radius 2 is 2.00 bits per heavy atom. The molecule has 2 nitrogen and oxygen atoms in total. The van der Waals surface area contributed by atoms with Gasteiger partial charge in [0.15, 0.2) is 0 Å². The fraction of sp³-hybridized carbons (Fsp3) is 0.286. The number of rotatable bonds is 3. The molecule has 96 valence electrons. The molecule has 0 saturated carbocycles. The number of aliphatic hydroxyl groups is 1. The molecular formula is C14H15IO2S.